The molecular weight excluding hydrogens is 354 g/mol. The zero-order valence-corrected chi connectivity index (χ0v) is 16.8. The summed E-state index contributed by atoms with van der Waals surface area (Å²) >= 11 is 0. The van der Waals surface area contributed by atoms with Gasteiger partial charge in [-0.3, -0.25) is 4.79 Å². The molecule has 2 nitrogen and oxygen atoms in total. The Morgan fingerprint density at radius 2 is 1.55 bits per heavy atom. The first-order valence-corrected chi connectivity index (χ1v) is 9.64. The molecule has 29 heavy (non-hydrogen) atoms. The van der Waals surface area contributed by atoms with Crippen LogP contribution in [0.3, 0.4) is 0 Å². The SMILES string of the molecule is CC(=O)c1ccc(-c2ccc3c(-c4ccc(C)c(C#N)c4)cccc3c2)c(C)c1. The minimum absolute atomic E-state index is 0.0811. The number of ketones is 1. The first kappa shape index (κ1) is 18.7. The van der Waals surface area contributed by atoms with Gasteiger partial charge in [-0.2, -0.15) is 5.26 Å². The summed E-state index contributed by atoms with van der Waals surface area (Å²) in [6, 6.07) is 26.9. The van der Waals surface area contributed by atoms with Gasteiger partial charge < -0.3 is 0 Å². The van der Waals surface area contributed by atoms with Crippen molar-refractivity contribution in [3.63, 3.8) is 0 Å². The van der Waals surface area contributed by atoms with Gasteiger partial charge in [0.1, 0.15) is 0 Å². The van der Waals surface area contributed by atoms with Gasteiger partial charge >= 0.3 is 0 Å². The van der Waals surface area contributed by atoms with Crippen LogP contribution < -0.4 is 0 Å². The van der Waals surface area contributed by atoms with Gasteiger partial charge in [-0.1, -0.05) is 54.6 Å². The van der Waals surface area contributed by atoms with Crippen LogP contribution in [0.5, 0.6) is 0 Å². The number of nitriles is 1. The first-order valence-electron chi connectivity index (χ1n) is 9.64. The molecule has 0 radical (unpaired) electrons. The van der Waals surface area contributed by atoms with Gasteiger partial charge in [0, 0.05) is 5.56 Å². The maximum Gasteiger partial charge on any atom is 0.159 e. The largest absolute Gasteiger partial charge is 0.295 e. The lowest BCUT2D eigenvalue weighted by Crippen LogP contribution is -1.94. The number of nitrogens with zero attached hydrogens (tertiary/aromatic N) is 1. The Kier molecular flexibility index (Phi) is 4.74. The highest BCUT2D eigenvalue weighted by Gasteiger charge is 2.10. The van der Waals surface area contributed by atoms with E-state index in [1.165, 1.54) is 0 Å². The Morgan fingerprint density at radius 3 is 2.28 bits per heavy atom. The van der Waals surface area contributed by atoms with E-state index in [9.17, 15) is 10.1 Å². The second-order valence-electron chi connectivity index (χ2n) is 7.47. The fourth-order valence-electron chi connectivity index (χ4n) is 3.82. The summed E-state index contributed by atoms with van der Waals surface area (Å²) in [6.45, 7) is 5.59. The summed E-state index contributed by atoms with van der Waals surface area (Å²) in [4.78, 5) is 11.6. The molecule has 0 atom stereocenters. The molecule has 0 amide bonds. The Labute approximate surface area is 171 Å². The third-order valence-corrected chi connectivity index (χ3v) is 5.49. The van der Waals surface area contributed by atoms with Crippen molar-refractivity contribution < 1.29 is 4.79 Å². The van der Waals surface area contributed by atoms with Crippen LogP contribution in [0.4, 0.5) is 0 Å². The number of rotatable bonds is 3. The van der Waals surface area contributed by atoms with Crippen molar-refractivity contribution in [3.8, 4) is 28.3 Å². The monoisotopic (exact) mass is 375 g/mol. The zero-order chi connectivity index (χ0) is 20.5. The van der Waals surface area contributed by atoms with E-state index in [4.69, 9.17) is 0 Å². The van der Waals surface area contributed by atoms with Crippen LogP contribution in [0.15, 0.2) is 72.8 Å². The van der Waals surface area contributed by atoms with Gasteiger partial charge in [0.25, 0.3) is 0 Å². The predicted octanol–water partition coefficient (Wildman–Crippen LogP) is 6.86. The number of hydrogen-bond donors (Lipinski definition) is 0. The Morgan fingerprint density at radius 1 is 0.793 bits per heavy atom. The molecule has 0 heterocycles. The lowest BCUT2D eigenvalue weighted by atomic mass is 9.92. The molecule has 0 aliphatic heterocycles. The van der Waals surface area contributed by atoms with Gasteiger partial charge in [-0.05, 0) is 83.1 Å². The topological polar surface area (TPSA) is 40.9 Å². The molecule has 0 spiro atoms. The number of benzene rings is 4. The minimum atomic E-state index is 0.0811. The molecule has 0 saturated heterocycles. The van der Waals surface area contributed by atoms with Crippen LogP contribution >= 0.6 is 0 Å². The molecule has 140 valence electrons. The van der Waals surface area contributed by atoms with Crippen molar-refractivity contribution in [2.24, 2.45) is 0 Å². The number of fused-ring (bicyclic) bond motifs is 1. The van der Waals surface area contributed by atoms with Crippen LogP contribution in [0.2, 0.25) is 0 Å². The average Bonchev–Trinajstić information content (AvgIpc) is 2.73. The molecule has 0 N–H and O–H groups in total. The van der Waals surface area contributed by atoms with E-state index in [1.807, 2.05) is 44.2 Å². The van der Waals surface area contributed by atoms with Crippen LogP contribution in [-0.2, 0) is 0 Å². The highest BCUT2D eigenvalue weighted by molar-refractivity contribution is 5.99. The standard InChI is InChI=1S/C27H21NO/c1-17-7-8-23(15-24(17)16-28)26-6-4-5-21-14-22(10-12-27(21)26)25-11-9-20(19(3)29)13-18(25)2/h4-15H,1-3H3. The summed E-state index contributed by atoms with van der Waals surface area (Å²) < 4.78 is 0. The summed E-state index contributed by atoms with van der Waals surface area (Å²) in [7, 11) is 0. The molecule has 0 aliphatic rings. The number of hydrogen-bond acceptors (Lipinski definition) is 2. The Balaban J connectivity index is 1.83. The molecular formula is C27H21NO. The van der Waals surface area contributed by atoms with Crippen molar-refractivity contribution >= 4 is 16.6 Å². The zero-order valence-electron chi connectivity index (χ0n) is 16.8. The van der Waals surface area contributed by atoms with Crippen LogP contribution in [0.25, 0.3) is 33.0 Å². The second kappa shape index (κ2) is 7.37. The first-order chi connectivity index (χ1) is 14.0. The van der Waals surface area contributed by atoms with E-state index in [-0.39, 0.29) is 5.78 Å². The van der Waals surface area contributed by atoms with Crippen LogP contribution in [0, 0.1) is 25.2 Å². The molecule has 0 aromatic heterocycles. The molecule has 4 rings (SSSR count). The Hall–Kier alpha value is -3.70. The molecule has 0 unspecified atom stereocenters. The van der Waals surface area contributed by atoms with Crippen molar-refractivity contribution in [2.45, 2.75) is 20.8 Å². The summed E-state index contributed by atoms with van der Waals surface area (Å²) in [5, 5.41) is 11.7. The minimum Gasteiger partial charge on any atom is -0.295 e. The highest BCUT2D eigenvalue weighted by Crippen LogP contribution is 2.33. The highest BCUT2D eigenvalue weighted by atomic mass is 16.1. The quantitative estimate of drug-likeness (QED) is 0.367. The lowest BCUT2D eigenvalue weighted by molar-refractivity contribution is 0.101. The molecule has 0 aliphatic carbocycles. The fourth-order valence-corrected chi connectivity index (χ4v) is 3.82. The van der Waals surface area contributed by atoms with Crippen LogP contribution in [-0.4, -0.2) is 5.78 Å². The summed E-state index contributed by atoms with van der Waals surface area (Å²) in [5.74, 6) is 0.0811. The fraction of sp³-hybridized carbons (Fsp3) is 0.111. The molecule has 2 heteroatoms. The van der Waals surface area contributed by atoms with Crippen molar-refractivity contribution in [1.29, 1.82) is 5.26 Å². The van der Waals surface area contributed by atoms with Crippen molar-refractivity contribution in [2.75, 3.05) is 0 Å². The third-order valence-electron chi connectivity index (χ3n) is 5.49. The van der Waals surface area contributed by atoms with Gasteiger partial charge in [-0.25, -0.2) is 0 Å². The number of Topliss-reactive ketones (excluding diaryl/α,β-unsaturated/α-hetero) is 1. The van der Waals surface area contributed by atoms with Gasteiger partial charge in [0.15, 0.2) is 5.78 Å². The second-order valence-corrected chi connectivity index (χ2v) is 7.47. The summed E-state index contributed by atoms with van der Waals surface area (Å²) in [5.41, 5.74) is 7.95. The van der Waals surface area contributed by atoms with E-state index in [0.29, 0.717) is 5.56 Å². The molecule has 4 aromatic carbocycles. The smallest absolute Gasteiger partial charge is 0.159 e. The average molecular weight is 375 g/mol. The Bertz CT molecular complexity index is 1310. The normalized spacial score (nSPS) is 10.7. The molecule has 0 saturated carbocycles. The van der Waals surface area contributed by atoms with E-state index in [0.717, 1.165) is 49.7 Å². The van der Waals surface area contributed by atoms with Gasteiger partial charge in [0.2, 0.25) is 0 Å². The third kappa shape index (κ3) is 3.44. The van der Waals surface area contributed by atoms with E-state index in [1.54, 1.807) is 6.92 Å². The maximum absolute atomic E-state index is 11.6. The number of carbonyl (C=O) groups is 1. The maximum atomic E-state index is 11.6. The molecule has 0 bridgehead atoms. The van der Waals surface area contributed by atoms with Gasteiger partial charge in [0.05, 0.1) is 11.6 Å². The number of aryl methyl sites for hydroxylation is 2. The number of carbonyl (C=O) groups excluding carboxylic acids is 1. The molecule has 0 fully saturated rings. The molecule has 4 aromatic rings. The van der Waals surface area contributed by atoms with E-state index >= 15 is 0 Å². The van der Waals surface area contributed by atoms with Crippen molar-refractivity contribution in [3.05, 3.63) is 95.1 Å². The van der Waals surface area contributed by atoms with Crippen molar-refractivity contribution in [1.82, 2.24) is 0 Å². The lowest BCUT2D eigenvalue weighted by Gasteiger charge is -2.12. The predicted molar refractivity (Wildman–Crippen MR) is 119 cm³/mol. The van der Waals surface area contributed by atoms with E-state index in [2.05, 4.69) is 48.5 Å². The van der Waals surface area contributed by atoms with E-state index < -0.39 is 0 Å². The summed E-state index contributed by atoms with van der Waals surface area (Å²) in [6.07, 6.45) is 0. The van der Waals surface area contributed by atoms with Crippen LogP contribution in [0.1, 0.15) is 34.0 Å². The van der Waals surface area contributed by atoms with Gasteiger partial charge in [-0.15, -0.1) is 0 Å².